The van der Waals surface area contributed by atoms with E-state index in [0.29, 0.717) is 6.42 Å². The van der Waals surface area contributed by atoms with E-state index in [4.69, 9.17) is 4.74 Å². The molecular weight excluding hydrogens is 329 g/mol. The molecule has 2 N–H and O–H groups in total. The van der Waals surface area contributed by atoms with Crippen LogP contribution in [0.15, 0.2) is 11.1 Å². The second kappa shape index (κ2) is 6.55. The fraction of sp³-hybridized carbons (Fsp3) is 0.625. The number of rotatable bonds is 4. The van der Waals surface area contributed by atoms with Crippen molar-refractivity contribution in [3.05, 3.63) is 16.7 Å². The highest BCUT2D eigenvalue weighted by atomic mass is 19.1. The van der Waals surface area contributed by atoms with Crippen LogP contribution in [0.25, 0.3) is 11.2 Å². The number of hydrogen-bond acceptors (Lipinski definition) is 5. The highest BCUT2D eigenvalue weighted by Gasteiger charge is 2.43. The van der Waals surface area contributed by atoms with Crippen molar-refractivity contribution in [2.24, 2.45) is 11.8 Å². The molecular formula is C16H22FN5O3. The number of aromatic amines is 1. The minimum absolute atomic E-state index is 0.00597. The van der Waals surface area contributed by atoms with Gasteiger partial charge in [-0.3, -0.25) is 24.5 Å². The number of anilines is 1. The first-order chi connectivity index (χ1) is 11.8. The number of ether oxygens (including phenoxy) is 1. The number of carbonyl (C=O) groups is 1. The molecule has 2 aromatic heterocycles. The van der Waals surface area contributed by atoms with E-state index in [0.717, 1.165) is 0 Å². The predicted octanol–water partition coefficient (Wildman–Crippen LogP) is 2.00. The average Bonchev–Trinajstić information content (AvgIpc) is 3.10. The Balaban J connectivity index is 2.01. The molecule has 1 aliphatic heterocycles. The smallest absolute Gasteiger partial charge is 0.280 e. The van der Waals surface area contributed by atoms with Crippen LogP contribution in [-0.4, -0.2) is 37.7 Å². The summed E-state index contributed by atoms with van der Waals surface area (Å²) in [4.78, 5) is 34.8. The van der Waals surface area contributed by atoms with E-state index in [1.807, 2.05) is 6.92 Å². The first-order valence-electron chi connectivity index (χ1n) is 8.40. The lowest BCUT2D eigenvalue weighted by Gasteiger charge is -2.15. The fourth-order valence-electron chi connectivity index (χ4n) is 2.96. The number of fused-ring (bicyclic) bond motifs is 1. The van der Waals surface area contributed by atoms with E-state index >= 15 is 0 Å². The lowest BCUT2D eigenvalue weighted by molar-refractivity contribution is -0.118. The number of alkyl halides is 1. The molecule has 0 aromatic carbocycles. The Bertz CT molecular complexity index is 846. The Labute approximate surface area is 143 Å². The Kier molecular flexibility index (Phi) is 4.59. The molecule has 9 heteroatoms. The lowest BCUT2D eigenvalue weighted by atomic mass is 10.00. The Hall–Kier alpha value is -2.29. The van der Waals surface area contributed by atoms with Gasteiger partial charge in [-0.25, -0.2) is 9.37 Å². The predicted molar refractivity (Wildman–Crippen MR) is 89.9 cm³/mol. The molecule has 1 saturated heterocycles. The standard InChI is InChI=1S/C16H22FN5O3/c1-5-9-8(4)10(17)15(25-9)22-6-18-11-12(22)19-16(21-14(11)24)20-13(23)7(2)3/h6-10,15H,5H2,1-4H3,(H2,19,20,21,23,24)/t8-,9-,10-,15-/m1/s1. The number of halogens is 1. The third-order valence-electron chi connectivity index (χ3n) is 4.55. The number of carbonyl (C=O) groups excluding carboxylic acids is 1. The Morgan fingerprint density at radius 2 is 2.24 bits per heavy atom. The molecule has 0 aliphatic carbocycles. The van der Waals surface area contributed by atoms with Crippen molar-refractivity contribution >= 4 is 23.0 Å². The molecule has 136 valence electrons. The summed E-state index contributed by atoms with van der Waals surface area (Å²) in [5.74, 6) is -0.819. The van der Waals surface area contributed by atoms with Crippen molar-refractivity contribution in [1.29, 1.82) is 0 Å². The van der Waals surface area contributed by atoms with Gasteiger partial charge in [-0.1, -0.05) is 27.7 Å². The van der Waals surface area contributed by atoms with Crippen LogP contribution in [0.2, 0.25) is 0 Å². The SMILES string of the molecule is CC[C@H]1O[C@@H](n2cnc3c(=O)[nH]c(NC(=O)C(C)C)nc32)[C@H](F)[C@@H]1C. The van der Waals surface area contributed by atoms with Crippen molar-refractivity contribution in [2.45, 2.75) is 52.6 Å². The van der Waals surface area contributed by atoms with Crippen LogP contribution < -0.4 is 10.9 Å². The number of H-pyrrole nitrogens is 1. The van der Waals surface area contributed by atoms with Gasteiger partial charge < -0.3 is 4.74 Å². The summed E-state index contributed by atoms with van der Waals surface area (Å²) in [5.41, 5.74) is -0.248. The molecule has 0 unspecified atom stereocenters. The highest BCUT2D eigenvalue weighted by molar-refractivity contribution is 5.91. The number of nitrogens with one attached hydrogen (secondary N) is 2. The molecule has 0 bridgehead atoms. The summed E-state index contributed by atoms with van der Waals surface area (Å²) < 4.78 is 21.9. The van der Waals surface area contributed by atoms with Gasteiger partial charge in [-0.05, 0) is 6.42 Å². The number of hydrogen-bond donors (Lipinski definition) is 2. The fourth-order valence-corrected chi connectivity index (χ4v) is 2.96. The van der Waals surface area contributed by atoms with Gasteiger partial charge in [0.05, 0.1) is 12.4 Å². The molecule has 4 atom stereocenters. The van der Waals surface area contributed by atoms with Gasteiger partial charge in [-0.15, -0.1) is 0 Å². The second-order valence-electron chi connectivity index (χ2n) is 6.66. The zero-order chi connectivity index (χ0) is 18.3. The molecule has 0 spiro atoms. The zero-order valence-electron chi connectivity index (χ0n) is 14.6. The third-order valence-corrected chi connectivity index (χ3v) is 4.55. The quantitative estimate of drug-likeness (QED) is 0.877. The van der Waals surface area contributed by atoms with Crippen molar-refractivity contribution < 1.29 is 13.9 Å². The van der Waals surface area contributed by atoms with Crippen LogP contribution in [0.4, 0.5) is 10.3 Å². The third kappa shape index (κ3) is 3.04. The molecule has 1 aliphatic rings. The van der Waals surface area contributed by atoms with E-state index in [2.05, 4.69) is 20.3 Å². The van der Waals surface area contributed by atoms with Crippen molar-refractivity contribution in [3.8, 4) is 0 Å². The molecule has 1 amide bonds. The van der Waals surface area contributed by atoms with Crippen LogP contribution in [0.5, 0.6) is 0 Å². The van der Waals surface area contributed by atoms with Crippen molar-refractivity contribution in [1.82, 2.24) is 19.5 Å². The molecule has 25 heavy (non-hydrogen) atoms. The van der Waals surface area contributed by atoms with Gasteiger partial charge in [0.2, 0.25) is 11.9 Å². The summed E-state index contributed by atoms with van der Waals surface area (Å²) in [7, 11) is 0. The van der Waals surface area contributed by atoms with Gasteiger partial charge in [0.15, 0.2) is 23.6 Å². The molecule has 3 heterocycles. The molecule has 8 nitrogen and oxygen atoms in total. The summed E-state index contributed by atoms with van der Waals surface area (Å²) in [6.45, 7) is 7.18. The summed E-state index contributed by atoms with van der Waals surface area (Å²) in [6, 6.07) is 0. The van der Waals surface area contributed by atoms with Crippen LogP contribution in [0, 0.1) is 11.8 Å². The summed E-state index contributed by atoms with van der Waals surface area (Å²) in [5, 5.41) is 2.54. The maximum atomic E-state index is 14.7. The van der Waals surface area contributed by atoms with E-state index in [9.17, 15) is 14.0 Å². The topological polar surface area (TPSA) is 102 Å². The van der Waals surface area contributed by atoms with E-state index in [1.54, 1.807) is 20.8 Å². The first kappa shape index (κ1) is 17.5. The van der Waals surface area contributed by atoms with Gasteiger partial charge in [0.25, 0.3) is 5.56 Å². The van der Waals surface area contributed by atoms with Crippen LogP contribution in [0.3, 0.4) is 0 Å². The van der Waals surface area contributed by atoms with Crippen molar-refractivity contribution in [3.63, 3.8) is 0 Å². The van der Waals surface area contributed by atoms with E-state index in [-0.39, 0.29) is 41.0 Å². The van der Waals surface area contributed by atoms with Crippen molar-refractivity contribution in [2.75, 3.05) is 5.32 Å². The average molecular weight is 351 g/mol. The maximum Gasteiger partial charge on any atom is 0.280 e. The molecule has 0 saturated carbocycles. The monoisotopic (exact) mass is 351 g/mol. The van der Waals surface area contributed by atoms with Crippen LogP contribution in [-0.2, 0) is 9.53 Å². The minimum atomic E-state index is -1.24. The number of aromatic nitrogens is 4. The highest BCUT2D eigenvalue weighted by Crippen LogP contribution is 2.38. The van der Waals surface area contributed by atoms with Gasteiger partial charge in [-0.2, -0.15) is 4.98 Å². The van der Waals surface area contributed by atoms with E-state index in [1.165, 1.54) is 10.9 Å². The minimum Gasteiger partial charge on any atom is -0.351 e. The Morgan fingerprint density at radius 3 is 2.84 bits per heavy atom. The molecule has 1 fully saturated rings. The zero-order valence-corrected chi connectivity index (χ0v) is 14.6. The number of amides is 1. The molecule has 0 radical (unpaired) electrons. The number of imidazole rings is 1. The van der Waals surface area contributed by atoms with Gasteiger partial charge in [0, 0.05) is 11.8 Å². The van der Waals surface area contributed by atoms with Gasteiger partial charge in [0.1, 0.15) is 0 Å². The normalized spacial score (nSPS) is 26.5. The number of nitrogens with zero attached hydrogens (tertiary/aromatic N) is 3. The molecule has 2 aromatic rings. The van der Waals surface area contributed by atoms with Gasteiger partial charge >= 0.3 is 0 Å². The van der Waals surface area contributed by atoms with Crippen LogP contribution in [0.1, 0.15) is 40.3 Å². The lowest BCUT2D eigenvalue weighted by Crippen LogP contribution is -2.23. The largest absolute Gasteiger partial charge is 0.351 e. The molecule has 3 rings (SSSR count). The summed E-state index contributed by atoms with van der Waals surface area (Å²) in [6.07, 6.45) is -0.304. The first-order valence-corrected chi connectivity index (χ1v) is 8.40. The second-order valence-corrected chi connectivity index (χ2v) is 6.66. The Morgan fingerprint density at radius 1 is 1.52 bits per heavy atom. The summed E-state index contributed by atoms with van der Waals surface area (Å²) >= 11 is 0. The van der Waals surface area contributed by atoms with E-state index < -0.39 is 18.0 Å². The maximum absolute atomic E-state index is 14.7. The van der Waals surface area contributed by atoms with Crippen LogP contribution >= 0.6 is 0 Å².